The lowest BCUT2D eigenvalue weighted by Crippen LogP contribution is -2.49. The zero-order chi connectivity index (χ0) is 13.1. The Balaban J connectivity index is 2.44. The number of hydrogen-bond donors (Lipinski definition) is 1. The summed E-state index contributed by atoms with van der Waals surface area (Å²) in [5.74, 6) is 0. The molecule has 1 rings (SSSR count). The molecule has 0 bridgehead atoms. The van der Waals surface area contributed by atoms with Gasteiger partial charge in [-0.1, -0.05) is 0 Å². The van der Waals surface area contributed by atoms with Gasteiger partial charge >= 0.3 is 6.09 Å². The Morgan fingerprint density at radius 1 is 1.18 bits per heavy atom. The molecule has 0 aromatic heterocycles. The number of allylic oxidation sites excluding steroid dienone is 1. The van der Waals surface area contributed by atoms with E-state index in [9.17, 15) is 4.79 Å². The minimum atomic E-state index is -0.429. The van der Waals surface area contributed by atoms with E-state index in [-0.39, 0.29) is 6.09 Å². The highest BCUT2D eigenvalue weighted by atomic mass is 16.6. The minimum absolute atomic E-state index is 0.230. The smallest absolute Gasteiger partial charge is 0.410 e. The summed E-state index contributed by atoms with van der Waals surface area (Å²) < 4.78 is 5.33. The molecule has 0 aromatic carbocycles. The van der Waals surface area contributed by atoms with Gasteiger partial charge in [-0.2, -0.15) is 0 Å². The summed E-state index contributed by atoms with van der Waals surface area (Å²) in [6.45, 7) is 10.6. The number of piperazine rings is 1. The molecule has 1 aliphatic rings. The van der Waals surface area contributed by atoms with Crippen molar-refractivity contribution in [2.75, 3.05) is 26.2 Å². The molecule has 0 aromatic rings. The van der Waals surface area contributed by atoms with E-state index in [4.69, 9.17) is 10.5 Å². The SMILES string of the molecule is C/C(=C/N)N1CCN(C(=O)OC(C)(C)C)CC1. The molecular weight excluding hydrogens is 218 g/mol. The van der Waals surface area contributed by atoms with Crippen molar-refractivity contribution in [2.45, 2.75) is 33.3 Å². The molecule has 1 fully saturated rings. The summed E-state index contributed by atoms with van der Waals surface area (Å²) in [6, 6.07) is 0. The Hall–Kier alpha value is -1.39. The van der Waals surface area contributed by atoms with Gasteiger partial charge in [-0.15, -0.1) is 0 Å². The van der Waals surface area contributed by atoms with Gasteiger partial charge in [0.25, 0.3) is 0 Å². The first-order valence-electron chi connectivity index (χ1n) is 5.95. The monoisotopic (exact) mass is 241 g/mol. The first-order chi connectivity index (χ1) is 7.83. The molecule has 98 valence electrons. The lowest BCUT2D eigenvalue weighted by atomic mass is 10.2. The molecule has 5 nitrogen and oxygen atoms in total. The summed E-state index contributed by atoms with van der Waals surface area (Å²) in [7, 11) is 0. The number of rotatable bonds is 1. The van der Waals surface area contributed by atoms with Crippen LogP contribution >= 0.6 is 0 Å². The zero-order valence-electron chi connectivity index (χ0n) is 11.2. The Labute approximate surface area is 103 Å². The van der Waals surface area contributed by atoms with Crippen LogP contribution in [0.3, 0.4) is 0 Å². The average Bonchev–Trinajstić information content (AvgIpc) is 2.26. The first-order valence-corrected chi connectivity index (χ1v) is 5.95. The fourth-order valence-corrected chi connectivity index (χ4v) is 1.67. The highest BCUT2D eigenvalue weighted by Crippen LogP contribution is 2.13. The molecule has 2 N–H and O–H groups in total. The van der Waals surface area contributed by atoms with Crippen LogP contribution in [0.1, 0.15) is 27.7 Å². The summed E-state index contributed by atoms with van der Waals surface area (Å²) in [4.78, 5) is 15.7. The van der Waals surface area contributed by atoms with E-state index >= 15 is 0 Å². The van der Waals surface area contributed by atoms with Crippen LogP contribution in [0.25, 0.3) is 0 Å². The number of amides is 1. The van der Waals surface area contributed by atoms with Crippen molar-refractivity contribution < 1.29 is 9.53 Å². The second kappa shape index (κ2) is 5.29. The maximum Gasteiger partial charge on any atom is 0.410 e. The van der Waals surface area contributed by atoms with Crippen molar-refractivity contribution in [2.24, 2.45) is 5.73 Å². The molecule has 0 atom stereocenters. The zero-order valence-corrected chi connectivity index (χ0v) is 11.2. The predicted molar refractivity (Wildman–Crippen MR) is 67.3 cm³/mol. The molecule has 0 spiro atoms. The normalized spacial score (nSPS) is 18.2. The van der Waals surface area contributed by atoms with Gasteiger partial charge in [0, 0.05) is 38.1 Å². The lowest BCUT2D eigenvalue weighted by Gasteiger charge is -2.36. The van der Waals surface area contributed by atoms with Gasteiger partial charge in [0.1, 0.15) is 5.60 Å². The largest absolute Gasteiger partial charge is 0.444 e. The average molecular weight is 241 g/mol. The van der Waals surface area contributed by atoms with E-state index < -0.39 is 5.60 Å². The summed E-state index contributed by atoms with van der Waals surface area (Å²) in [5, 5.41) is 0. The number of hydrogen-bond acceptors (Lipinski definition) is 4. The molecule has 5 heteroatoms. The van der Waals surface area contributed by atoms with Crippen LogP contribution in [0.5, 0.6) is 0 Å². The quantitative estimate of drug-likeness (QED) is 0.753. The second-order valence-corrected chi connectivity index (χ2v) is 5.26. The van der Waals surface area contributed by atoms with Crippen LogP contribution in [0, 0.1) is 0 Å². The predicted octanol–water partition coefficient (Wildman–Crippen LogP) is 1.36. The van der Waals surface area contributed by atoms with Crippen LogP contribution in [0.4, 0.5) is 4.79 Å². The topological polar surface area (TPSA) is 58.8 Å². The van der Waals surface area contributed by atoms with Crippen molar-refractivity contribution in [3.05, 3.63) is 11.9 Å². The Kier molecular flexibility index (Phi) is 4.26. The minimum Gasteiger partial charge on any atom is -0.444 e. The highest BCUT2D eigenvalue weighted by Gasteiger charge is 2.25. The number of nitrogens with two attached hydrogens (primary N) is 1. The number of ether oxygens (including phenoxy) is 1. The molecular formula is C12H23N3O2. The van der Waals surface area contributed by atoms with Gasteiger partial charge in [0.2, 0.25) is 0 Å². The Morgan fingerprint density at radius 2 is 1.65 bits per heavy atom. The molecule has 17 heavy (non-hydrogen) atoms. The Morgan fingerprint density at radius 3 is 2.06 bits per heavy atom. The standard InChI is InChI=1S/C12H23N3O2/c1-10(9-13)14-5-7-15(8-6-14)11(16)17-12(2,3)4/h9H,5-8,13H2,1-4H3/b10-9-. The van der Waals surface area contributed by atoms with E-state index in [1.54, 1.807) is 11.1 Å². The van der Waals surface area contributed by atoms with Crippen molar-refractivity contribution in [3.63, 3.8) is 0 Å². The van der Waals surface area contributed by atoms with Crippen LogP contribution < -0.4 is 5.73 Å². The second-order valence-electron chi connectivity index (χ2n) is 5.26. The van der Waals surface area contributed by atoms with E-state index in [1.807, 2.05) is 27.7 Å². The van der Waals surface area contributed by atoms with Gasteiger partial charge in [0.15, 0.2) is 0 Å². The first kappa shape index (κ1) is 13.7. The van der Waals surface area contributed by atoms with Crippen LogP contribution in [0.2, 0.25) is 0 Å². The van der Waals surface area contributed by atoms with Crippen molar-refractivity contribution in [1.82, 2.24) is 9.80 Å². The Bertz CT molecular complexity index is 299. The van der Waals surface area contributed by atoms with Crippen molar-refractivity contribution in [1.29, 1.82) is 0 Å². The molecule has 1 aliphatic heterocycles. The third kappa shape index (κ3) is 4.17. The molecule has 1 saturated heterocycles. The summed E-state index contributed by atoms with van der Waals surface area (Å²) in [6.07, 6.45) is 1.37. The fourth-order valence-electron chi connectivity index (χ4n) is 1.67. The van der Waals surface area contributed by atoms with E-state index in [2.05, 4.69) is 4.90 Å². The number of carbonyl (C=O) groups is 1. The molecule has 0 radical (unpaired) electrons. The third-order valence-corrected chi connectivity index (χ3v) is 2.67. The van der Waals surface area contributed by atoms with Crippen LogP contribution in [-0.4, -0.2) is 47.7 Å². The molecule has 1 heterocycles. The van der Waals surface area contributed by atoms with Crippen LogP contribution in [-0.2, 0) is 4.74 Å². The summed E-state index contributed by atoms with van der Waals surface area (Å²) in [5.41, 5.74) is 6.09. The maximum absolute atomic E-state index is 11.8. The molecule has 0 aliphatic carbocycles. The van der Waals surface area contributed by atoms with E-state index in [0.717, 1.165) is 18.8 Å². The molecule has 0 saturated carbocycles. The van der Waals surface area contributed by atoms with E-state index in [0.29, 0.717) is 13.1 Å². The van der Waals surface area contributed by atoms with Gasteiger partial charge in [-0.05, 0) is 27.7 Å². The molecule has 0 unspecified atom stereocenters. The molecule has 1 amide bonds. The number of carbonyl (C=O) groups excluding carboxylic acids is 1. The van der Waals surface area contributed by atoms with E-state index in [1.165, 1.54) is 0 Å². The van der Waals surface area contributed by atoms with Crippen LogP contribution in [0.15, 0.2) is 11.9 Å². The number of nitrogens with zero attached hydrogens (tertiary/aromatic N) is 2. The third-order valence-electron chi connectivity index (χ3n) is 2.67. The highest BCUT2D eigenvalue weighted by molar-refractivity contribution is 5.68. The van der Waals surface area contributed by atoms with Gasteiger partial charge in [-0.25, -0.2) is 4.79 Å². The van der Waals surface area contributed by atoms with Crippen molar-refractivity contribution >= 4 is 6.09 Å². The van der Waals surface area contributed by atoms with Crippen molar-refractivity contribution in [3.8, 4) is 0 Å². The van der Waals surface area contributed by atoms with Gasteiger partial charge in [0.05, 0.1) is 0 Å². The van der Waals surface area contributed by atoms with Gasteiger partial charge < -0.3 is 20.3 Å². The van der Waals surface area contributed by atoms with Gasteiger partial charge in [-0.3, -0.25) is 0 Å². The summed E-state index contributed by atoms with van der Waals surface area (Å²) >= 11 is 0. The fraction of sp³-hybridized carbons (Fsp3) is 0.750. The maximum atomic E-state index is 11.8. The lowest BCUT2D eigenvalue weighted by molar-refractivity contribution is 0.0169.